The van der Waals surface area contributed by atoms with Crippen molar-refractivity contribution in [2.75, 3.05) is 18.4 Å². The molecule has 0 aliphatic carbocycles. The molecule has 0 spiro atoms. The molecule has 1 N–H and O–H groups in total. The zero-order valence-electron chi connectivity index (χ0n) is 9.03. The predicted molar refractivity (Wildman–Crippen MR) is 65.9 cm³/mol. The van der Waals surface area contributed by atoms with Crippen molar-refractivity contribution >= 4 is 23.3 Å². The fourth-order valence-corrected chi connectivity index (χ4v) is 1.74. The number of urea groups is 1. The van der Waals surface area contributed by atoms with Crippen molar-refractivity contribution in [3.8, 4) is 0 Å². The summed E-state index contributed by atoms with van der Waals surface area (Å²) in [5, 5.41) is 3.48. The van der Waals surface area contributed by atoms with Crippen LogP contribution in [0.15, 0.2) is 30.4 Å². The molecule has 0 saturated heterocycles. The molecule has 0 bridgehead atoms. The standard InChI is InChI=1S/C12H13ClN2O/c1-9-4-5-10(13)8-11(9)14-12(16)15-6-2-3-7-15/h2-5,8H,6-7H2,1H3,(H,14,16). The zero-order chi connectivity index (χ0) is 11.5. The number of benzene rings is 1. The van der Waals surface area contributed by atoms with Gasteiger partial charge in [-0.25, -0.2) is 4.79 Å². The van der Waals surface area contributed by atoms with Crippen LogP contribution in [0.25, 0.3) is 0 Å². The Labute approximate surface area is 99.7 Å². The minimum Gasteiger partial charge on any atom is -0.317 e. The topological polar surface area (TPSA) is 32.3 Å². The Kier molecular flexibility index (Phi) is 3.15. The molecule has 1 aliphatic rings. The zero-order valence-corrected chi connectivity index (χ0v) is 9.79. The molecular weight excluding hydrogens is 224 g/mol. The summed E-state index contributed by atoms with van der Waals surface area (Å²) >= 11 is 5.88. The van der Waals surface area contributed by atoms with E-state index in [-0.39, 0.29) is 6.03 Å². The van der Waals surface area contributed by atoms with Gasteiger partial charge in [0.15, 0.2) is 0 Å². The van der Waals surface area contributed by atoms with Gasteiger partial charge in [-0.05, 0) is 24.6 Å². The molecule has 84 valence electrons. The molecule has 0 unspecified atom stereocenters. The lowest BCUT2D eigenvalue weighted by Crippen LogP contribution is -2.32. The molecule has 16 heavy (non-hydrogen) atoms. The molecule has 1 aromatic carbocycles. The first kappa shape index (κ1) is 11.0. The number of carbonyl (C=O) groups excluding carboxylic acids is 1. The van der Waals surface area contributed by atoms with Gasteiger partial charge in [-0.1, -0.05) is 29.8 Å². The summed E-state index contributed by atoms with van der Waals surface area (Å²) in [5.41, 5.74) is 1.77. The molecule has 0 aromatic heterocycles. The predicted octanol–water partition coefficient (Wildman–Crippen LogP) is 3.05. The van der Waals surface area contributed by atoms with Gasteiger partial charge < -0.3 is 10.2 Å². The van der Waals surface area contributed by atoms with E-state index in [2.05, 4.69) is 5.32 Å². The Balaban J connectivity index is 2.08. The van der Waals surface area contributed by atoms with Crippen LogP contribution in [0.5, 0.6) is 0 Å². The number of hydrogen-bond acceptors (Lipinski definition) is 1. The second kappa shape index (κ2) is 4.58. The summed E-state index contributed by atoms with van der Waals surface area (Å²) in [6.07, 6.45) is 3.95. The maximum absolute atomic E-state index is 11.8. The lowest BCUT2D eigenvalue weighted by Gasteiger charge is -2.17. The Morgan fingerprint density at radius 1 is 1.38 bits per heavy atom. The SMILES string of the molecule is Cc1ccc(Cl)cc1NC(=O)N1CC=CC1. The van der Waals surface area contributed by atoms with E-state index < -0.39 is 0 Å². The van der Waals surface area contributed by atoms with Crippen molar-refractivity contribution < 1.29 is 4.79 Å². The number of carbonyl (C=O) groups is 1. The molecule has 1 aliphatic heterocycles. The molecule has 0 atom stereocenters. The highest BCUT2D eigenvalue weighted by atomic mass is 35.5. The number of anilines is 1. The number of aryl methyl sites for hydroxylation is 1. The molecule has 2 amide bonds. The summed E-state index contributed by atoms with van der Waals surface area (Å²) in [5.74, 6) is 0. The maximum Gasteiger partial charge on any atom is 0.322 e. The normalized spacial score (nSPS) is 14.2. The van der Waals surface area contributed by atoms with E-state index >= 15 is 0 Å². The number of nitrogens with zero attached hydrogens (tertiary/aromatic N) is 1. The lowest BCUT2D eigenvalue weighted by atomic mass is 10.2. The second-order valence-electron chi connectivity index (χ2n) is 3.77. The number of hydrogen-bond donors (Lipinski definition) is 1. The van der Waals surface area contributed by atoms with E-state index in [1.807, 2.05) is 31.2 Å². The summed E-state index contributed by atoms with van der Waals surface area (Å²) in [6.45, 7) is 3.28. The highest BCUT2D eigenvalue weighted by Crippen LogP contribution is 2.20. The van der Waals surface area contributed by atoms with Crippen LogP contribution >= 0.6 is 11.6 Å². The summed E-state index contributed by atoms with van der Waals surface area (Å²) < 4.78 is 0. The van der Waals surface area contributed by atoms with Gasteiger partial charge in [-0.15, -0.1) is 0 Å². The monoisotopic (exact) mass is 236 g/mol. The smallest absolute Gasteiger partial charge is 0.317 e. The van der Waals surface area contributed by atoms with E-state index in [9.17, 15) is 4.79 Å². The summed E-state index contributed by atoms with van der Waals surface area (Å²) in [4.78, 5) is 13.5. The Bertz CT molecular complexity index is 435. The average molecular weight is 237 g/mol. The van der Waals surface area contributed by atoms with Gasteiger partial charge in [-0.3, -0.25) is 0 Å². The van der Waals surface area contributed by atoms with Crippen LogP contribution < -0.4 is 5.32 Å². The first-order chi connectivity index (χ1) is 7.66. The van der Waals surface area contributed by atoms with Crippen LogP contribution in [0.3, 0.4) is 0 Å². The van der Waals surface area contributed by atoms with Crippen LogP contribution in [0.4, 0.5) is 10.5 Å². The molecule has 0 saturated carbocycles. The van der Waals surface area contributed by atoms with Gasteiger partial charge in [0.05, 0.1) is 0 Å². The largest absolute Gasteiger partial charge is 0.322 e. The van der Waals surface area contributed by atoms with Gasteiger partial charge in [0.25, 0.3) is 0 Å². The van der Waals surface area contributed by atoms with Crippen molar-refractivity contribution in [2.24, 2.45) is 0 Å². The third kappa shape index (κ3) is 2.36. The van der Waals surface area contributed by atoms with Crippen LogP contribution in [0.2, 0.25) is 5.02 Å². The third-order valence-electron chi connectivity index (χ3n) is 2.55. The second-order valence-corrected chi connectivity index (χ2v) is 4.20. The minimum atomic E-state index is -0.0876. The van der Waals surface area contributed by atoms with Crippen molar-refractivity contribution in [1.29, 1.82) is 0 Å². The molecule has 1 heterocycles. The molecule has 2 rings (SSSR count). The van der Waals surface area contributed by atoms with E-state index in [0.717, 1.165) is 11.3 Å². The van der Waals surface area contributed by atoms with Gasteiger partial charge >= 0.3 is 6.03 Å². The Morgan fingerprint density at radius 3 is 2.75 bits per heavy atom. The maximum atomic E-state index is 11.8. The highest BCUT2D eigenvalue weighted by molar-refractivity contribution is 6.31. The summed E-state index contributed by atoms with van der Waals surface area (Å²) in [6, 6.07) is 5.37. The molecule has 3 nitrogen and oxygen atoms in total. The van der Waals surface area contributed by atoms with Crippen LogP contribution in [0, 0.1) is 6.92 Å². The minimum absolute atomic E-state index is 0.0876. The first-order valence-electron chi connectivity index (χ1n) is 5.14. The van der Waals surface area contributed by atoms with E-state index in [1.54, 1.807) is 11.0 Å². The van der Waals surface area contributed by atoms with Crippen LogP contribution in [-0.2, 0) is 0 Å². The van der Waals surface area contributed by atoms with Crippen LogP contribution in [-0.4, -0.2) is 24.0 Å². The van der Waals surface area contributed by atoms with E-state index in [0.29, 0.717) is 18.1 Å². The van der Waals surface area contributed by atoms with Crippen LogP contribution in [0.1, 0.15) is 5.56 Å². The van der Waals surface area contributed by atoms with E-state index in [1.165, 1.54) is 0 Å². The Hall–Kier alpha value is -1.48. The third-order valence-corrected chi connectivity index (χ3v) is 2.78. The van der Waals surface area contributed by atoms with E-state index in [4.69, 9.17) is 11.6 Å². The molecular formula is C12H13ClN2O. The quantitative estimate of drug-likeness (QED) is 0.747. The molecule has 1 aromatic rings. The van der Waals surface area contributed by atoms with Crippen molar-refractivity contribution in [3.05, 3.63) is 40.9 Å². The number of halogens is 1. The van der Waals surface area contributed by atoms with Gasteiger partial charge in [-0.2, -0.15) is 0 Å². The van der Waals surface area contributed by atoms with Gasteiger partial charge in [0.1, 0.15) is 0 Å². The highest BCUT2D eigenvalue weighted by Gasteiger charge is 2.14. The number of rotatable bonds is 1. The average Bonchev–Trinajstić information content (AvgIpc) is 2.76. The Morgan fingerprint density at radius 2 is 2.06 bits per heavy atom. The first-order valence-corrected chi connectivity index (χ1v) is 5.51. The molecule has 0 radical (unpaired) electrons. The molecule has 0 fully saturated rings. The fraction of sp³-hybridized carbons (Fsp3) is 0.250. The number of nitrogens with one attached hydrogen (secondary N) is 1. The fourth-order valence-electron chi connectivity index (χ4n) is 1.57. The number of amides is 2. The van der Waals surface area contributed by atoms with Crippen molar-refractivity contribution in [1.82, 2.24) is 4.90 Å². The van der Waals surface area contributed by atoms with Crippen molar-refractivity contribution in [3.63, 3.8) is 0 Å². The van der Waals surface area contributed by atoms with Gasteiger partial charge in [0, 0.05) is 23.8 Å². The molecule has 4 heteroatoms. The lowest BCUT2D eigenvalue weighted by molar-refractivity contribution is 0.224. The van der Waals surface area contributed by atoms with Gasteiger partial charge in [0.2, 0.25) is 0 Å². The summed E-state index contributed by atoms with van der Waals surface area (Å²) in [7, 11) is 0. The van der Waals surface area contributed by atoms with Crippen molar-refractivity contribution in [2.45, 2.75) is 6.92 Å².